The maximum absolute atomic E-state index is 12.0. The number of nitrogens with one attached hydrogen (secondary N) is 1. The number of carbonyl (C=O) groups excluding carboxylic acids is 1. The van der Waals surface area contributed by atoms with E-state index < -0.39 is 0 Å². The molecule has 0 aromatic carbocycles. The molecule has 2 aliphatic rings. The Morgan fingerprint density at radius 2 is 2.05 bits per heavy atom. The van der Waals surface area contributed by atoms with Gasteiger partial charge in [0, 0.05) is 37.3 Å². The van der Waals surface area contributed by atoms with Crippen molar-refractivity contribution in [2.45, 2.75) is 44.7 Å². The summed E-state index contributed by atoms with van der Waals surface area (Å²) in [6, 6.07) is 6.79. The van der Waals surface area contributed by atoms with Crippen molar-refractivity contribution >= 4 is 5.91 Å². The summed E-state index contributed by atoms with van der Waals surface area (Å²) in [5.74, 6) is 0.744. The van der Waals surface area contributed by atoms with E-state index in [1.54, 1.807) is 0 Å². The van der Waals surface area contributed by atoms with Gasteiger partial charge in [-0.15, -0.1) is 0 Å². The van der Waals surface area contributed by atoms with Gasteiger partial charge < -0.3 is 10.2 Å². The number of piperidine rings is 1. The van der Waals surface area contributed by atoms with Crippen LogP contribution in [-0.2, 0) is 4.79 Å². The lowest BCUT2D eigenvalue weighted by atomic mass is 10.0. The van der Waals surface area contributed by atoms with Gasteiger partial charge in [0.2, 0.25) is 5.91 Å². The van der Waals surface area contributed by atoms with Crippen molar-refractivity contribution in [2.75, 3.05) is 13.1 Å². The Balaban J connectivity index is 1.47. The molecule has 1 atom stereocenters. The van der Waals surface area contributed by atoms with Gasteiger partial charge in [0.1, 0.15) is 0 Å². The molecule has 0 spiro atoms. The molecule has 4 nitrogen and oxygen atoms in total. The number of pyridine rings is 1. The van der Waals surface area contributed by atoms with Gasteiger partial charge in [-0.1, -0.05) is 6.07 Å². The Labute approximate surface area is 120 Å². The molecule has 2 fully saturated rings. The van der Waals surface area contributed by atoms with Crippen LogP contribution in [0.25, 0.3) is 0 Å². The fraction of sp³-hybridized carbons (Fsp3) is 0.625. The molecule has 1 saturated carbocycles. The zero-order valence-electron chi connectivity index (χ0n) is 12.1. The molecule has 2 heterocycles. The summed E-state index contributed by atoms with van der Waals surface area (Å²) in [6.07, 6.45) is 6.15. The van der Waals surface area contributed by atoms with Gasteiger partial charge in [0.15, 0.2) is 0 Å². The minimum absolute atomic E-state index is 0.270. The molecule has 20 heavy (non-hydrogen) atoms. The monoisotopic (exact) mass is 273 g/mol. The van der Waals surface area contributed by atoms with Crippen LogP contribution in [0.15, 0.2) is 24.4 Å². The molecule has 1 saturated heterocycles. The Morgan fingerprint density at radius 1 is 1.30 bits per heavy atom. The van der Waals surface area contributed by atoms with Crippen molar-refractivity contribution in [3.05, 3.63) is 30.1 Å². The summed E-state index contributed by atoms with van der Waals surface area (Å²) in [4.78, 5) is 18.5. The highest BCUT2D eigenvalue weighted by Gasteiger charge is 2.34. The van der Waals surface area contributed by atoms with Crippen LogP contribution in [0.3, 0.4) is 0 Å². The van der Waals surface area contributed by atoms with E-state index in [1.165, 1.54) is 0 Å². The average Bonchev–Trinajstić information content (AvgIpc) is 3.33. The number of hydrogen-bond donors (Lipinski definition) is 1. The van der Waals surface area contributed by atoms with E-state index in [2.05, 4.69) is 28.2 Å². The van der Waals surface area contributed by atoms with Crippen LogP contribution < -0.4 is 5.32 Å². The second-order valence-electron chi connectivity index (χ2n) is 6.02. The predicted octanol–water partition coefficient (Wildman–Crippen LogP) is 2.13. The van der Waals surface area contributed by atoms with Crippen molar-refractivity contribution in [1.29, 1.82) is 0 Å². The molecule has 1 N–H and O–H groups in total. The largest absolute Gasteiger partial charge is 0.342 e. The SMILES string of the molecule is CC(NC1CCN(C(=O)C2CC2)CC1)c1ccccn1. The number of rotatable bonds is 4. The quantitative estimate of drug-likeness (QED) is 0.914. The lowest BCUT2D eigenvalue weighted by molar-refractivity contribution is -0.133. The van der Waals surface area contributed by atoms with E-state index in [0.29, 0.717) is 17.9 Å². The van der Waals surface area contributed by atoms with Gasteiger partial charge in [-0.3, -0.25) is 9.78 Å². The van der Waals surface area contributed by atoms with Crippen molar-refractivity contribution in [1.82, 2.24) is 15.2 Å². The molecule has 3 rings (SSSR count). The third kappa shape index (κ3) is 3.18. The first kappa shape index (κ1) is 13.6. The van der Waals surface area contributed by atoms with Crippen molar-refractivity contribution in [3.8, 4) is 0 Å². The molecule has 1 unspecified atom stereocenters. The topological polar surface area (TPSA) is 45.2 Å². The molecule has 0 radical (unpaired) electrons. The first-order valence-corrected chi connectivity index (χ1v) is 7.70. The molecule has 0 bridgehead atoms. The third-order valence-corrected chi connectivity index (χ3v) is 4.35. The predicted molar refractivity (Wildman–Crippen MR) is 78.1 cm³/mol. The number of carbonyl (C=O) groups is 1. The standard InChI is InChI=1S/C16H23N3O/c1-12(15-4-2-3-9-17-15)18-14-7-10-19(11-8-14)16(20)13-5-6-13/h2-4,9,12-14,18H,5-8,10-11H2,1H3. The van der Waals surface area contributed by atoms with E-state index in [0.717, 1.165) is 44.5 Å². The number of aromatic nitrogens is 1. The van der Waals surface area contributed by atoms with E-state index in [4.69, 9.17) is 0 Å². The van der Waals surface area contributed by atoms with Gasteiger partial charge in [-0.25, -0.2) is 0 Å². The fourth-order valence-corrected chi connectivity index (χ4v) is 2.93. The van der Waals surface area contributed by atoms with E-state index in [9.17, 15) is 4.79 Å². The number of nitrogens with zero attached hydrogens (tertiary/aromatic N) is 2. The molecule has 1 aromatic rings. The Hall–Kier alpha value is -1.42. The molecule has 108 valence electrons. The summed E-state index contributed by atoms with van der Waals surface area (Å²) >= 11 is 0. The fourth-order valence-electron chi connectivity index (χ4n) is 2.93. The number of hydrogen-bond acceptors (Lipinski definition) is 3. The molecule has 1 aliphatic carbocycles. The lowest BCUT2D eigenvalue weighted by Crippen LogP contribution is -2.46. The zero-order chi connectivity index (χ0) is 13.9. The highest BCUT2D eigenvalue weighted by atomic mass is 16.2. The van der Waals surface area contributed by atoms with Gasteiger partial charge in [0.25, 0.3) is 0 Å². The molecule has 1 amide bonds. The number of amides is 1. The Bertz CT molecular complexity index is 450. The van der Waals surface area contributed by atoms with Crippen LogP contribution in [-0.4, -0.2) is 34.9 Å². The summed E-state index contributed by atoms with van der Waals surface area (Å²) in [6.45, 7) is 3.97. The highest BCUT2D eigenvalue weighted by Crippen LogP contribution is 2.32. The summed E-state index contributed by atoms with van der Waals surface area (Å²) in [7, 11) is 0. The maximum atomic E-state index is 12.0. The van der Waals surface area contributed by atoms with Crippen LogP contribution >= 0.6 is 0 Å². The molecule has 4 heteroatoms. The lowest BCUT2D eigenvalue weighted by Gasteiger charge is -2.34. The van der Waals surface area contributed by atoms with Crippen molar-refractivity contribution < 1.29 is 4.79 Å². The van der Waals surface area contributed by atoms with E-state index in [1.807, 2.05) is 18.3 Å². The van der Waals surface area contributed by atoms with Crippen LogP contribution in [0.1, 0.15) is 44.3 Å². The van der Waals surface area contributed by atoms with Crippen LogP contribution in [0.2, 0.25) is 0 Å². The van der Waals surface area contributed by atoms with Crippen molar-refractivity contribution in [3.63, 3.8) is 0 Å². The van der Waals surface area contributed by atoms with E-state index in [-0.39, 0.29) is 6.04 Å². The summed E-state index contributed by atoms with van der Waals surface area (Å²) in [5.41, 5.74) is 1.09. The Kier molecular flexibility index (Phi) is 4.01. The van der Waals surface area contributed by atoms with Crippen molar-refractivity contribution in [2.24, 2.45) is 5.92 Å². The van der Waals surface area contributed by atoms with Gasteiger partial charge in [-0.05, 0) is 44.7 Å². The third-order valence-electron chi connectivity index (χ3n) is 4.35. The molecule has 1 aromatic heterocycles. The molecule has 1 aliphatic heterocycles. The van der Waals surface area contributed by atoms with Crippen LogP contribution in [0.4, 0.5) is 0 Å². The second-order valence-corrected chi connectivity index (χ2v) is 6.02. The minimum Gasteiger partial charge on any atom is -0.342 e. The summed E-state index contributed by atoms with van der Waals surface area (Å²) < 4.78 is 0. The van der Waals surface area contributed by atoms with Gasteiger partial charge in [-0.2, -0.15) is 0 Å². The minimum atomic E-state index is 0.270. The Morgan fingerprint density at radius 3 is 2.65 bits per heavy atom. The van der Waals surface area contributed by atoms with Gasteiger partial charge >= 0.3 is 0 Å². The molecular weight excluding hydrogens is 250 g/mol. The van der Waals surface area contributed by atoms with E-state index >= 15 is 0 Å². The highest BCUT2D eigenvalue weighted by molar-refractivity contribution is 5.81. The van der Waals surface area contributed by atoms with Crippen LogP contribution in [0.5, 0.6) is 0 Å². The molecular formula is C16H23N3O. The second kappa shape index (κ2) is 5.92. The van der Waals surface area contributed by atoms with Gasteiger partial charge in [0.05, 0.1) is 5.69 Å². The smallest absolute Gasteiger partial charge is 0.225 e. The number of likely N-dealkylation sites (tertiary alicyclic amines) is 1. The normalized spacial score (nSPS) is 21.8. The first-order chi connectivity index (χ1) is 9.74. The zero-order valence-corrected chi connectivity index (χ0v) is 12.1. The average molecular weight is 273 g/mol. The maximum Gasteiger partial charge on any atom is 0.225 e. The summed E-state index contributed by atoms with van der Waals surface area (Å²) in [5, 5.41) is 3.64. The first-order valence-electron chi connectivity index (χ1n) is 7.70. The van der Waals surface area contributed by atoms with Crippen LogP contribution in [0, 0.1) is 5.92 Å².